The van der Waals surface area contributed by atoms with Crippen LogP contribution in [0.1, 0.15) is 13.8 Å². The van der Waals surface area contributed by atoms with E-state index >= 15 is 0 Å². The SMILES string of the molecule is CCN(CC)CCn1c(=O)ccc2cc([N+](=O)[O-])ccc21. The van der Waals surface area contributed by atoms with Gasteiger partial charge >= 0.3 is 0 Å². The van der Waals surface area contributed by atoms with E-state index in [1.54, 1.807) is 16.7 Å². The maximum atomic E-state index is 12.1. The summed E-state index contributed by atoms with van der Waals surface area (Å²) in [5.41, 5.74) is 0.695. The number of pyridine rings is 1. The number of nitrogens with zero attached hydrogens (tertiary/aromatic N) is 3. The minimum Gasteiger partial charge on any atom is -0.307 e. The Hall–Kier alpha value is -2.21. The number of non-ortho nitro benzene ring substituents is 1. The summed E-state index contributed by atoms with van der Waals surface area (Å²) >= 11 is 0. The van der Waals surface area contributed by atoms with Gasteiger partial charge in [-0.05, 0) is 25.2 Å². The van der Waals surface area contributed by atoms with Crippen molar-refractivity contribution in [3.8, 4) is 0 Å². The highest BCUT2D eigenvalue weighted by molar-refractivity contribution is 5.81. The van der Waals surface area contributed by atoms with E-state index in [-0.39, 0.29) is 11.2 Å². The van der Waals surface area contributed by atoms with Gasteiger partial charge in [0.25, 0.3) is 11.2 Å². The van der Waals surface area contributed by atoms with Crippen LogP contribution in [0.4, 0.5) is 5.69 Å². The molecule has 1 heterocycles. The zero-order valence-corrected chi connectivity index (χ0v) is 12.3. The van der Waals surface area contributed by atoms with Crippen LogP contribution in [0, 0.1) is 10.1 Å². The smallest absolute Gasteiger partial charge is 0.270 e. The van der Waals surface area contributed by atoms with Crippen molar-refractivity contribution in [2.75, 3.05) is 19.6 Å². The van der Waals surface area contributed by atoms with Crippen LogP contribution in [0.2, 0.25) is 0 Å². The molecule has 0 atom stereocenters. The van der Waals surface area contributed by atoms with Gasteiger partial charge in [-0.2, -0.15) is 0 Å². The second kappa shape index (κ2) is 6.49. The monoisotopic (exact) mass is 289 g/mol. The number of rotatable bonds is 6. The summed E-state index contributed by atoms with van der Waals surface area (Å²) in [6, 6.07) is 7.70. The van der Waals surface area contributed by atoms with E-state index in [4.69, 9.17) is 0 Å². The van der Waals surface area contributed by atoms with Gasteiger partial charge in [0.1, 0.15) is 0 Å². The van der Waals surface area contributed by atoms with Gasteiger partial charge in [-0.25, -0.2) is 0 Å². The highest BCUT2D eigenvalue weighted by atomic mass is 16.6. The van der Waals surface area contributed by atoms with Gasteiger partial charge in [-0.1, -0.05) is 13.8 Å². The van der Waals surface area contributed by atoms with Crippen molar-refractivity contribution >= 4 is 16.6 Å². The number of aromatic nitrogens is 1. The molecule has 0 N–H and O–H groups in total. The average Bonchev–Trinajstić information content (AvgIpc) is 2.49. The molecule has 0 aliphatic heterocycles. The number of fused-ring (bicyclic) bond motifs is 1. The van der Waals surface area contributed by atoms with Crippen molar-refractivity contribution in [2.45, 2.75) is 20.4 Å². The van der Waals surface area contributed by atoms with Gasteiger partial charge in [0.2, 0.25) is 0 Å². The molecular weight excluding hydrogens is 270 g/mol. The predicted molar refractivity (Wildman–Crippen MR) is 82.7 cm³/mol. The first-order valence-corrected chi connectivity index (χ1v) is 7.07. The van der Waals surface area contributed by atoms with Gasteiger partial charge in [0.15, 0.2) is 0 Å². The average molecular weight is 289 g/mol. The zero-order valence-electron chi connectivity index (χ0n) is 12.3. The third-order valence-corrected chi connectivity index (χ3v) is 3.72. The van der Waals surface area contributed by atoms with Gasteiger partial charge in [0.05, 0.1) is 10.4 Å². The molecule has 0 radical (unpaired) electrons. The van der Waals surface area contributed by atoms with Gasteiger partial charge in [-0.15, -0.1) is 0 Å². The van der Waals surface area contributed by atoms with E-state index in [1.165, 1.54) is 18.2 Å². The molecular formula is C15H19N3O3. The topological polar surface area (TPSA) is 68.4 Å². The summed E-state index contributed by atoms with van der Waals surface area (Å²) < 4.78 is 1.68. The van der Waals surface area contributed by atoms with Crippen LogP contribution in [0.15, 0.2) is 35.1 Å². The van der Waals surface area contributed by atoms with Gasteiger partial charge in [0, 0.05) is 36.7 Å². The van der Waals surface area contributed by atoms with Gasteiger partial charge in [-0.3, -0.25) is 14.9 Å². The first kappa shape index (κ1) is 15.2. The summed E-state index contributed by atoms with van der Waals surface area (Å²) in [7, 11) is 0. The lowest BCUT2D eigenvalue weighted by atomic mass is 10.2. The molecule has 2 aromatic rings. The fraction of sp³-hybridized carbons (Fsp3) is 0.400. The van der Waals surface area contributed by atoms with Crippen molar-refractivity contribution in [2.24, 2.45) is 0 Å². The number of likely N-dealkylation sites (N-methyl/N-ethyl adjacent to an activating group) is 1. The Morgan fingerprint density at radius 1 is 1.19 bits per heavy atom. The van der Waals surface area contributed by atoms with Crippen LogP contribution >= 0.6 is 0 Å². The van der Waals surface area contributed by atoms with Crippen molar-refractivity contribution < 1.29 is 4.92 Å². The zero-order chi connectivity index (χ0) is 15.4. The van der Waals surface area contributed by atoms with Crippen molar-refractivity contribution in [1.82, 2.24) is 9.47 Å². The maximum Gasteiger partial charge on any atom is 0.270 e. The third-order valence-electron chi connectivity index (χ3n) is 3.72. The van der Waals surface area contributed by atoms with Crippen LogP contribution in [0.25, 0.3) is 10.9 Å². The first-order chi connectivity index (χ1) is 10.1. The molecule has 0 bridgehead atoms. The summed E-state index contributed by atoms with van der Waals surface area (Å²) in [6.07, 6.45) is 0. The summed E-state index contributed by atoms with van der Waals surface area (Å²) in [4.78, 5) is 24.7. The van der Waals surface area contributed by atoms with Crippen molar-refractivity contribution in [3.05, 3.63) is 50.8 Å². The fourth-order valence-corrected chi connectivity index (χ4v) is 2.42. The third kappa shape index (κ3) is 3.28. The largest absolute Gasteiger partial charge is 0.307 e. The molecule has 0 unspecified atom stereocenters. The Labute approximate surface area is 122 Å². The van der Waals surface area contributed by atoms with Crippen molar-refractivity contribution in [3.63, 3.8) is 0 Å². The number of nitro benzene ring substituents is 1. The molecule has 2 rings (SSSR count). The van der Waals surface area contributed by atoms with Crippen LogP contribution < -0.4 is 5.56 Å². The fourth-order valence-electron chi connectivity index (χ4n) is 2.42. The second-order valence-corrected chi connectivity index (χ2v) is 4.85. The number of nitro groups is 1. The normalized spacial score (nSPS) is 11.2. The van der Waals surface area contributed by atoms with E-state index in [0.29, 0.717) is 11.9 Å². The van der Waals surface area contributed by atoms with Crippen LogP contribution in [-0.2, 0) is 6.54 Å². The summed E-state index contributed by atoms with van der Waals surface area (Å²) in [6.45, 7) is 7.39. The highest BCUT2D eigenvalue weighted by Gasteiger charge is 2.10. The minimum absolute atomic E-state index is 0.0384. The molecule has 1 aromatic carbocycles. The molecule has 0 saturated heterocycles. The number of hydrogen-bond donors (Lipinski definition) is 0. The molecule has 0 aliphatic rings. The summed E-state index contributed by atoms with van der Waals surface area (Å²) in [5.74, 6) is 0. The van der Waals surface area contributed by atoms with E-state index in [1.807, 2.05) is 0 Å². The number of hydrogen-bond acceptors (Lipinski definition) is 4. The molecule has 1 aromatic heterocycles. The lowest BCUT2D eigenvalue weighted by molar-refractivity contribution is -0.384. The maximum absolute atomic E-state index is 12.1. The lowest BCUT2D eigenvalue weighted by Crippen LogP contribution is -2.30. The highest BCUT2D eigenvalue weighted by Crippen LogP contribution is 2.19. The molecule has 0 fully saturated rings. The van der Waals surface area contributed by atoms with Gasteiger partial charge < -0.3 is 9.47 Å². The quantitative estimate of drug-likeness (QED) is 0.604. The molecule has 0 saturated carbocycles. The summed E-state index contributed by atoms with van der Waals surface area (Å²) in [5, 5.41) is 11.5. The molecule has 112 valence electrons. The predicted octanol–water partition coefficient (Wildman–Crippen LogP) is 2.25. The Balaban J connectivity index is 2.40. The van der Waals surface area contributed by atoms with Crippen LogP contribution in [-0.4, -0.2) is 34.0 Å². The minimum atomic E-state index is -0.426. The Morgan fingerprint density at radius 2 is 1.90 bits per heavy atom. The molecule has 6 nitrogen and oxygen atoms in total. The standard InChI is InChI=1S/C15H19N3O3/c1-3-16(4-2)9-10-17-14-7-6-13(18(20)21)11-12(14)5-8-15(17)19/h5-8,11H,3-4,9-10H2,1-2H3. The molecule has 21 heavy (non-hydrogen) atoms. The molecule has 0 amide bonds. The van der Waals surface area contributed by atoms with E-state index in [9.17, 15) is 14.9 Å². The van der Waals surface area contributed by atoms with E-state index in [0.717, 1.165) is 25.2 Å². The van der Waals surface area contributed by atoms with E-state index < -0.39 is 4.92 Å². The Kier molecular flexibility index (Phi) is 4.70. The second-order valence-electron chi connectivity index (χ2n) is 4.85. The first-order valence-electron chi connectivity index (χ1n) is 7.07. The van der Waals surface area contributed by atoms with E-state index in [2.05, 4.69) is 18.7 Å². The Morgan fingerprint density at radius 3 is 2.52 bits per heavy atom. The Bertz CT molecular complexity index is 705. The molecule has 0 aliphatic carbocycles. The molecule has 6 heteroatoms. The molecule has 0 spiro atoms. The lowest BCUT2D eigenvalue weighted by Gasteiger charge is -2.19. The van der Waals surface area contributed by atoms with Crippen LogP contribution in [0.3, 0.4) is 0 Å². The number of benzene rings is 1. The van der Waals surface area contributed by atoms with Crippen LogP contribution in [0.5, 0.6) is 0 Å². The van der Waals surface area contributed by atoms with Crippen molar-refractivity contribution in [1.29, 1.82) is 0 Å².